The van der Waals surface area contributed by atoms with E-state index in [1.165, 1.54) is 51.1 Å². The Morgan fingerprint density at radius 1 is 1.10 bits per heavy atom. The van der Waals surface area contributed by atoms with Crippen molar-refractivity contribution in [2.45, 2.75) is 32.4 Å². The highest BCUT2D eigenvalue weighted by Gasteiger charge is 2.24. The van der Waals surface area contributed by atoms with Crippen LogP contribution in [-0.4, -0.2) is 93.2 Å². The smallest absolute Gasteiger partial charge is 0.191 e. The number of benzene rings is 1. The molecule has 0 spiro atoms. The van der Waals surface area contributed by atoms with Crippen LogP contribution in [0, 0.1) is 5.92 Å². The SMILES string of the molecule is CN=C(NCC(C)CN1CCN(C)CC1)NCC1CCCN1Cc1ccccc1. The summed E-state index contributed by atoms with van der Waals surface area (Å²) in [4.78, 5) is 12.0. The molecule has 2 aliphatic heterocycles. The number of guanidine groups is 1. The van der Waals surface area contributed by atoms with Crippen LogP contribution in [-0.2, 0) is 6.54 Å². The van der Waals surface area contributed by atoms with E-state index in [2.05, 4.69) is 74.6 Å². The van der Waals surface area contributed by atoms with E-state index in [0.29, 0.717) is 12.0 Å². The molecule has 6 nitrogen and oxygen atoms in total. The van der Waals surface area contributed by atoms with E-state index in [4.69, 9.17) is 0 Å². The Labute approximate surface area is 177 Å². The fraction of sp³-hybridized carbons (Fsp3) is 0.696. The van der Waals surface area contributed by atoms with E-state index in [0.717, 1.165) is 32.1 Å². The Balaban J connectivity index is 1.37. The molecule has 0 amide bonds. The van der Waals surface area contributed by atoms with E-state index in [1.807, 2.05) is 7.05 Å². The number of hydrogen-bond donors (Lipinski definition) is 2. The molecule has 2 aliphatic rings. The normalized spacial score (nSPS) is 23.3. The number of rotatable bonds is 8. The van der Waals surface area contributed by atoms with Gasteiger partial charge < -0.3 is 20.4 Å². The van der Waals surface area contributed by atoms with Crippen LogP contribution in [0.4, 0.5) is 0 Å². The van der Waals surface area contributed by atoms with Gasteiger partial charge in [-0.2, -0.15) is 0 Å². The third-order valence-corrected chi connectivity index (χ3v) is 6.24. The van der Waals surface area contributed by atoms with Crippen LogP contribution >= 0.6 is 0 Å². The first kappa shape index (κ1) is 22.1. The van der Waals surface area contributed by atoms with Gasteiger partial charge in [0.1, 0.15) is 0 Å². The predicted molar refractivity (Wildman–Crippen MR) is 122 cm³/mol. The van der Waals surface area contributed by atoms with Gasteiger partial charge in [-0.05, 0) is 37.9 Å². The number of likely N-dealkylation sites (tertiary alicyclic amines) is 1. The van der Waals surface area contributed by atoms with Gasteiger partial charge in [-0.15, -0.1) is 0 Å². The zero-order chi connectivity index (χ0) is 20.5. The topological polar surface area (TPSA) is 46.1 Å². The highest BCUT2D eigenvalue weighted by Crippen LogP contribution is 2.19. The van der Waals surface area contributed by atoms with Crippen LogP contribution in [0.15, 0.2) is 35.3 Å². The maximum atomic E-state index is 4.44. The molecular weight excluding hydrogens is 360 g/mol. The van der Waals surface area contributed by atoms with Gasteiger partial charge in [0.05, 0.1) is 0 Å². The summed E-state index contributed by atoms with van der Waals surface area (Å²) in [6.07, 6.45) is 2.55. The molecule has 29 heavy (non-hydrogen) atoms. The van der Waals surface area contributed by atoms with Crippen molar-refractivity contribution in [3.63, 3.8) is 0 Å². The summed E-state index contributed by atoms with van der Waals surface area (Å²) in [6, 6.07) is 11.4. The van der Waals surface area contributed by atoms with Crippen molar-refractivity contribution < 1.29 is 0 Å². The first-order valence-electron chi connectivity index (χ1n) is 11.3. The van der Waals surface area contributed by atoms with Gasteiger partial charge in [0.2, 0.25) is 0 Å². The molecule has 0 aliphatic carbocycles. The van der Waals surface area contributed by atoms with Crippen LogP contribution in [0.5, 0.6) is 0 Å². The molecule has 2 N–H and O–H groups in total. The lowest BCUT2D eigenvalue weighted by Gasteiger charge is -2.34. The summed E-state index contributed by atoms with van der Waals surface area (Å²) >= 11 is 0. The van der Waals surface area contributed by atoms with Gasteiger partial charge in [0, 0.05) is 65.4 Å². The minimum absolute atomic E-state index is 0.580. The molecule has 2 heterocycles. The number of piperazine rings is 1. The zero-order valence-corrected chi connectivity index (χ0v) is 18.6. The van der Waals surface area contributed by atoms with E-state index < -0.39 is 0 Å². The molecule has 0 bridgehead atoms. The largest absolute Gasteiger partial charge is 0.356 e. The maximum absolute atomic E-state index is 4.44. The quantitative estimate of drug-likeness (QED) is 0.514. The van der Waals surface area contributed by atoms with Crippen molar-refractivity contribution >= 4 is 5.96 Å². The molecule has 0 saturated carbocycles. The van der Waals surface area contributed by atoms with Crippen molar-refractivity contribution in [2.24, 2.45) is 10.9 Å². The summed E-state index contributed by atoms with van der Waals surface area (Å²) in [6.45, 7) is 12.4. The van der Waals surface area contributed by atoms with E-state index in [-0.39, 0.29) is 0 Å². The highest BCUT2D eigenvalue weighted by atomic mass is 15.3. The first-order valence-corrected chi connectivity index (χ1v) is 11.3. The third-order valence-electron chi connectivity index (χ3n) is 6.24. The second-order valence-electron chi connectivity index (χ2n) is 8.80. The van der Waals surface area contributed by atoms with Crippen molar-refractivity contribution in [3.05, 3.63) is 35.9 Å². The number of nitrogens with one attached hydrogen (secondary N) is 2. The lowest BCUT2D eigenvalue weighted by Crippen LogP contribution is -2.48. The van der Waals surface area contributed by atoms with Crippen molar-refractivity contribution in [1.29, 1.82) is 0 Å². The fourth-order valence-electron chi connectivity index (χ4n) is 4.39. The highest BCUT2D eigenvalue weighted by molar-refractivity contribution is 5.79. The second kappa shape index (κ2) is 11.5. The van der Waals surface area contributed by atoms with Gasteiger partial charge in [0.25, 0.3) is 0 Å². The minimum atomic E-state index is 0.580. The first-order chi connectivity index (χ1) is 14.1. The van der Waals surface area contributed by atoms with Crippen LogP contribution < -0.4 is 10.6 Å². The molecule has 1 aromatic rings. The number of likely N-dealkylation sites (N-methyl/N-ethyl adjacent to an activating group) is 1. The van der Waals surface area contributed by atoms with Crippen molar-refractivity contribution in [3.8, 4) is 0 Å². The molecule has 0 aromatic heterocycles. The molecule has 2 unspecified atom stereocenters. The zero-order valence-electron chi connectivity index (χ0n) is 18.6. The van der Waals surface area contributed by atoms with E-state index in [9.17, 15) is 0 Å². The average Bonchev–Trinajstić information content (AvgIpc) is 3.17. The average molecular weight is 401 g/mol. The predicted octanol–water partition coefficient (Wildman–Crippen LogP) is 1.70. The molecule has 162 valence electrons. The maximum Gasteiger partial charge on any atom is 0.191 e. The molecule has 2 fully saturated rings. The van der Waals surface area contributed by atoms with Gasteiger partial charge in [-0.3, -0.25) is 9.89 Å². The van der Waals surface area contributed by atoms with Gasteiger partial charge in [-0.1, -0.05) is 37.3 Å². The summed E-state index contributed by atoms with van der Waals surface area (Å²) in [5.41, 5.74) is 1.40. The summed E-state index contributed by atoms with van der Waals surface area (Å²) in [5, 5.41) is 7.11. The standard InChI is InChI=1S/C23H40N6/c1-20(18-28-14-12-27(3)13-15-28)16-25-23(24-2)26-17-22-10-7-11-29(22)19-21-8-5-4-6-9-21/h4-6,8-9,20,22H,7,10-19H2,1-3H3,(H2,24,25,26). The number of hydrogen-bond acceptors (Lipinski definition) is 4. The fourth-order valence-corrected chi connectivity index (χ4v) is 4.39. The van der Waals surface area contributed by atoms with Crippen LogP contribution in [0.2, 0.25) is 0 Å². The van der Waals surface area contributed by atoms with E-state index in [1.54, 1.807) is 0 Å². The van der Waals surface area contributed by atoms with Crippen LogP contribution in [0.1, 0.15) is 25.3 Å². The monoisotopic (exact) mass is 400 g/mol. The Kier molecular flexibility index (Phi) is 8.77. The Morgan fingerprint density at radius 2 is 1.86 bits per heavy atom. The molecule has 0 radical (unpaired) electrons. The van der Waals surface area contributed by atoms with E-state index >= 15 is 0 Å². The second-order valence-corrected chi connectivity index (χ2v) is 8.80. The summed E-state index contributed by atoms with van der Waals surface area (Å²) < 4.78 is 0. The molecule has 1 aromatic carbocycles. The Hall–Kier alpha value is -1.63. The van der Waals surface area contributed by atoms with Crippen molar-refractivity contribution in [1.82, 2.24) is 25.3 Å². The summed E-state index contributed by atoms with van der Waals surface area (Å²) in [7, 11) is 4.08. The van der Waals surface area contributed by atoms with Crippen LogP contribution in [0.3, 0.4) is 0 Å². The molecule has 2 saturated heterocycles. The van der Waals surface area contributed by atoms with Crippen LogP contribution in [0.25, 0.3) is 0 Å². The Morgan fingerprint density at radius 3 is 2.59 bits per heavy atom. The lowest BCUT2D eigenvalue weighted by molar-refractivity contribution is 0.139. The van der Waals surface area contributed by atoms with Crippen molar-refractivity contribution in [2.75, 3.05) is 66.5 Å². The minimum Gasteiger partial charge on any atom is -0.356 e. The lowest BCUT2D eigenvalue weighted by atomic mass is 10.1. The van der Waals surface area contributed by atoms with Gasteiger partial charge in [-0.25, -0.2) is 0 Å². The number of nitrogens with zero attached hydrogens (tertiary/aromatic N) is 4. The van der Waals surface area contributed by atoms with Gasteiger partial charge >= 0.3 is 0 Å². The molecule has 3 rings (SSSR count). The summed E-state index contributed by atoms with van der Waals surface area (Å²) in [5.74, 6) is 1.54. The molecule has 2 atom stereocenters. The Bertz CT molecular complexity index is 611. The third kappa shape index (κ3) is 7.28. The molecular formula is C23H40N6. The molecule has 6 heteroatoms. The van der Waals surface area contributed by atoms with Gasteiger partial charge in [0.15, 0.2) is 5.96 Å². The number of aliphatic imine (C=N–C) groups is 1.